The second-order valence-corrected chi connectivity index (χ2v) is 4.23. The van der Waals surface area contributed by atoms with Crippen molar-refractivity contribution in [2.75, 3.05) is 5.73 Å². The van der Waals surface area contributed by atoms with Crippen LogP contribution >= 0.6 is 11.8 Å². The Morgan fingerprint density at radius 2 is 2.42 bits per heavy atom. The molecule has 0 saturated carbocycles. The number of nitrogen functional groups attached to an aromatic ring is 1. The zero-order valence-electron chi connectivity index (χ0n) is 7.45. The smallest absolute Gasteiger partial charge is 0.0638 e. The highest BCUT2D eigenvalue weighted by Crippen LogP contribution is 2.28. The molecule has 0 bridgehead atoms. The number of pyridine rings is 1. The topological polar surface area (TPSA) is 38.9 Å². The van der Waals surface area contributed by atoms with Gasteiger partial charge in [-0.15, -0.1) is 11.8 Å². The Morgan fingerprint density at radius 3 is 3.00 bits per heavy atom. The number of thioether (sulfide) groups is 1. The molecule has 1 atom stereocenters. The van der Waals surface area contributed by atoms with Crippen molar-refractivity contribution >= 4 is 17.4 Å². The first-order chi connectivity index (χ1) is 5.74. The van der Waals surface area contributed by atoms with Crippen LogP contribution in [0.1, 0.15) is 20.3 Å². The summed E-state index contributed by atoms with van der Waals surface area (Å²) in [6.07, 6.45) is 4.64. The van der Waals surface area contributed by atoms with Crippen molar-refractivity contribution < 1.29 is 0 Å². The highest BCUT2D eigenvalue weighted by atomic mass is 32.2. The van der Waals surface area contributed by atoms with Gasteiger partial charge >= 0.3 is 0 Å². The summed E-state index contributed by atoms with van der Waals surface area (Å²) in [6.45, 7) is 4.37. The first kappa shape index (κ1) is 9.39. The number of nitrogens with two attached hydrogens (primary N) is 1. The second kappa shape index (κ2) is 4.36. The molecule has 1 rings (SSSR count). The van der Waals surface area contributed by atoms with Gasteiger partial charge in [-0.2, -0.15) is 0 Å². The van der Waals surface area contributed by atoms with Gasteiger partial charge in [0.2, 0.25) is 0 Å². The largest absolute Gasteiger partial charge is 0.397 e. The second-order valence-electron chi connectivity index (χ2n) is 2.75. The third-order valence-electron chi connectivity index (χ3n) is 1.71. The Morgan fingerprint density at radius 1 is 1.67 bits per heavy atom. The monoisotopic (exact) mass is 182 g/mol. The van der Waals surface area contributed by atoms with Crippen LogP contribution in [0.3, 0.4) is 0 Å². The van der Waals surface area contributed by atoms with Crippen molar-refractivity contribution in [3.05, 3.63) is 18.5 Å². The molecule has 1 heterocycles. The van der Waals surface area contributed by atoms with Gasteiger partial charge < -0.3 is 5.73 Å². The van der Waals surface area contributed by atoms with Gasteiger partial charge in [0.15, 0.2) is 0 Å². The first-order valence-corrected chi connectivity index (χ1v) is 4.98. The Labute approximate surface area is 77.6 Å². The van der Waals surface area contributed by atoms with Crippen molar-refractivity contribution in [3.8, 4) is 0 Å². The summed E-state index contributed by atoms with van der Waals surface area (Å²) < 4.78 is 0. The highest BCUT2D eigenvalue weighted by molar-refractivity contribution is 8.00. The van der Waals surface area contributed by atoms with Crippen LogP contribution in [-0.2, 0) is 0 Å². The normalized spacial score (nSPS) is 12.8. The third kappa shape index (κ3) is 2.41. The molecule has 1 unspecified atom stereocenters. The molecule has 0 radical (unpaired) electrons. The molecule has 1 aromatic heterocycles. The molecule has 0 spiro atoms. The van der Waals surface area contributed by atoms with Crippen LogP contribution in [0, 0.1) is 0 Å². The molecule has 2 N–H and O–H groups in total. The van der Waals surface area contributed by atoms with E-state index in [0.717, 1.165) is 17.0 Å². The Kier molecular flexibility index (Phi) is 3.41. The predicted molar refractivity (Wildman–Crippen MR) is 54.3 cm³/mol. The fourth-order valence-electron chi connectivity index (χ4n) is 0.801. The summed E-state index contributed by atoms with van der Waals surface area (Å²) in [5, 5.41) is 0.620. The number of anilines is 1. The molecular formula is C9H14N2S. The van der Waals surface area contributed by atoms with Gasteiger partial charge in [0, 0.05) is 16.3 Å². The molecule has 0 saturated heterocycles. The van der Waals surface area contributed by atoms with Crippen molar-refractivity contribution in [3.63, 3.8) is 0 Å². The predicted octanol–water partition coefficient (Wildman–Crippen LogP) is 2.55. The molecule has 3 heteroatoms. The first-order valence-electron chi connectivity index (χ1n) is 4.10. The molecule has 2 nitrogen and oxygen atoms in total. The van der Waals surface area contributed by atoms with Gasteiger partial charge in [0.1, 0.15) is 0 Å². The van der Waals surface area contributed by atoms with E-state index >= 15 is 0 Å². The standard InChI is InChI=1S/C9H14N2S/c1-3-7(2)12-9-4-5-11-6-8(9)10/h4-7H,3,10H2,1-2H3. The van der Waals surface area contributed by atoms with E-state index in [1.165, 1.54) is 0 Å². The summed E-state index contributed by atoms with van der Waals surface area (Å²) >= 11 is 1.81. The van der Waals surface area contributed by atoms with Crippen molar-refractivity contribution in [1.29, 1.82) is 0 Å². The zero-order valence-corrected chi connectivity index (χ0v) is 8.27. The van der Waals surface area contributed by atoms with Gasteiger partial charge in [-0.1, -0.05) is 13.8 Å². The van der Waals surface area contributed by atoms with Gasteiger partial charge in [-0.05, 0) is 12.5 Å². The number of aromatic nitrogens is 1. The van der Waals surface area contributed by atoms with E-state index in [9.17, 15) is 0 Å². The number of hydrogen-bond donors (Lipinski definition) is 1. The minimum atomic E-state index is 0.620. The van der Waals surface area contributed by atoms with Crippen molar-refractivity contribution in [2.45, 2.75) is 30.4 Å². The minimum Gasteiger partial charge on any atom is -0.397 e. The van der Waals surface area contributed by atoms with Crippen LogP contribution in [0.5, 0.6) is 0 Å². The average molecular weight is 182 g/mol. The molecule has 0 aliphatic rings. The number of nitrogens with zero attached hydrogens (tertiary/aromatic N) is 1. The fourth-order valence-corrected chi connectivity index (χ4v) is 1.73. The summed E-state index contributed by atoms with van der Waals surface area (Å²) in [5.74, 6) is 0. The molecule has 0 aliphatic carbocycles. The van der Waals surface area contributed by atoms with E-state index in [-0.39, 0.29) is 0 Å². The van der Waals surface area contributed by atoms with Crippen LogP contribution in [0.15, 0.2) is 23.4 Å². The summed E-state index contributed by atoms with van der Waals surface area (Å²) in [6, 6.07) is 1.96. The molecule has 12 heavy (non-hydrogen) atoms. The highest BCUT2D eigenvalue weighted by Gasteiger charge is 2.03. The lowest BCUT2D eigenvalue weighted by molar-refractivity contribution is 0.905. The van der Waals surface area contributed by atoms with Gasteiger partial charge in [0.25, 0.3) is 0 Å². The SMILES string of the molecule is CCC(C)Sc1ccncc1N. The van der Waals surface area contributed by atoms with E-state index in [1.807, 2.05) is 6.07 Å². The van der Waals surface area contributed by atoms with Crippen molar-refractivity contribution in [2.24, 2.45) is 0 Å². The lowest BCUT2D eigenvalue weighted by Crippen LogP contribution is -1.95. The van der Waals surface area contributed by atoms with E-state index in [1.54, 1.807) is 24.2 Å². The summed E-state index contributed by atoms with van der Waals surface area (Å²) in [5.41, 5.74) is 6.52. The lowest BCUT2D eigenvalue weighted by Gasteiger charge is -2.09. The van der Waals surface area contributed by atoms with Gasteiger partial charge in [-0.3, -0.25) is 4.98 Å². The Hall–Kier alpha value is -0.700. The van der Waals surface area contributed by atoms with E-state index in [2.05, 4.69) is 18.8 Å². The van der Waals surface area contributed by atoms with Crippen LogP contribution in [0.2, 0.25) is 0 Å². The molecular weight excluding hydrogens is 168 g/mol. The Balaban J connectivity index is 2.69. The quantitative estimate of drug-likeness (QED) is 0.730. The fraction of sp³-hybridized carbons (Fsp3) is 0.444. The van der Waals surface area contributed by atoms with Gasteiger partial charge in [0.05, 0.1) is 11.9 Å². The maximum absolute atomic E-state index is 5.74. The maximum atomic E-state index is 5.74. The van der Waals surface area contributed by atoms with E-state index in [4.69, 9.17) is 5.73 Å². The Bertz CT molecular complexity index is 250. The van der Waals surface area contributed by atoms with Crippen LogP contribution < -0.4 is 5.73 Å². The molecule has 0 aliphatic heterocycles. The summed E-state index contributed by atoms with van der Waals surface area (Å²) in [4.78, 5) is 5.08. The van der Waals surface area contributed by atoms with E-state index in [0.29, 0.717) is 5.25 Å². The van der Waals surface area contributed by atoms with Crippen molar-refractivity contribution in [1.82, 2.24) is 4.98 Å². The van der Waals surface area contributed by atoms with Crippen LogP contribution in [0.25, 0.3) is 0 Å². The third-order valence-corrected chi connectivity index (χ3v) is 3.07. The molecule has 0 fully saturated rings. The van der Waals surface area contributed by atoms with Crippen LogP contribution in [0.4, 0.5) is 5.69 Å². The maximum Gasteiger partial charge on any atom is 0.0638 e. The van der Waals surface area contributed by atoms with E-state index < -0.39 is 0 Å². The van der Waals surface area contributed by atoms with Gasteiger partial charge in [-0.25, -0.2) is 0 Å². The molecule has 1 aromatic rings. The minimum absolute atomic E-state index is 0.620. The molecule has 0 aromatic carbocycles. The summed E-state index contributed by atoms with van der Waals surface area (Å²) in [7, 11) is 0. The lowest BCUT2D eigenvalue weighted by atomic mass is 10.4. The molecule has 66 valence electrons. The average Bonchev–Trinajstić information content (AvgIpc) is 2.09. The number of rotatable bonds is 3. The van der Waals surface area contributed by atoms with Crippen LogP contribution in [-0.4, -0.2) is 10.2 Å². The zero-order chi connectivity index (χ0) is 8.97. The number of hydrogen-bond acceptors (Lipinski definition) is 3. The molecule has 0 amide bonds.